The molecule has 1 fully saturated rings. The number of anilines is 1. The van der Waals surface area contributed by atoms with E-state index in [-0.39, 0.29) is 30.1 Å². The van der Waals surface area contributed by atoms with E-state index in [4.69, 9.17) is 0 Å². The van der Waals surface area contributed by atoms with E-state index in [1.807, 2.05) is 31.2 Å². The number of carbonyl (C=O) groups excluding carboxylic acids is 1. The SMILES string of the molecule is Cc1cc(C2NNc3ccc(C(=O)N[C@@H]4CCC[C@](O)(Cn5ncccc5=O)C4)cc32)ccn1. The molecule has 3 heterocycles. The van der Waals surface area contributed by atoms with Gasteiger partial charge in [-0.15, -0.1) is 0 Å². The molecule has 0 radical (unpaired) electrons. The standard InChI is InChI=1S/C25H28N6O3/c1-16-12-17(8-11-26-16)23-20-13-18(6-7-21(20)29-30-23)24(33)28-19-4-2-9-25(34,14-19)15-31-22(32)5-3-10-27-31/h3,5-8,10-13,19,23,29-30,34H,2,4,9,14-15H2,1H3,(H,28,33)/t19-,23?,25-/m1/s1. The van der Waals surface area contributed by atoms with E-state index in [1.165, 1.54) is 16.9 Å². The molecule has 9 heteroatoms. The number of rotatable bonds is 5. The minimum absolute atomic E-state index is 0.0825. The van der Waals surface area contributed by atoms with E-state index in [0.717, 1.165) is 35.3 Å². The number of aryl methyl sites for hydroxylation is 1. The summed E-state index contributed by atoms with van der Waals surface area (Å²) >= 11 is 0. The van der Waals surface area contributed by atoms with Gasteiger partial charge in [0.25, 0.3) is 11.5 Å². The normalized spacial score (nSPS) is 23.7. The Hall–Kier alpha value is -3.56. The van der Waals surface area contributed by atoms with Crippen LogP contribution in [0.5, 0.6) is 0 Å². The number of nitrogens with one attached hydrogen (secondary N) is 3. The molecule has 1 unspecified atom stereocenters. The second-order valence-electron chi connectivity index (χ2n) is 9.25. The van der Waals surface area contributed by atoms with Crippen LogP contribution in [0, 0.1) is 6.92 Å². The van der Waals surface area contributed by atoms with Gasteiger partial charge in [0.15, 0.2) is 0 Å². The van der Waals surface area contributed by atoms with Gasteiger partial charge in [-0.05, 0) is 74.6 Å². The third-order valence-electron chi connectivity index (χ3n) is 6.62. The van der Waals surface area contributed by atoms with Crippen molar-refractivity contribution < 1.29 is 9.90 Å². The predicted octanol–water partition coefficient (Wildman–Crippen LogP) is 2.07. The molecule has 0 spiro atoms. The van der Waals surface area contributed by atoms with Crippen LogP contribution >= 0.6 is 0 Å². The average Bonchev–Trinajstić information content (AvgIpc) is 3.24. The van der Waals surface area contributed by atoms with Crippen molar-refractivity contribution in [3.05, 3.63) is 87.6 Å². The van der Waals surface area contributed by atoms with E-state index in [9.17, 15) is 14.7 Å². The summed E-state index contributed by atoms with van der Waals surface area (Å²) in [5, 5.41) is 18.3. The second kappa shape index (κ2) is 9.00. The van der Waals surface area contributed by atoms with E-state index < -0.39 is 5.60 Å². The van der Waals surface area contributed by atoms with Gasteiger partial charge in [-0.3, -0.25) is 14.6 Å². The molecule has 3 aromatic rings. The lowest BCUT2D eigenvalue weighted by Crippen LogP contribution is -2.49. The zero-order valence-corrected chi connectivity index (χ0v) is 19.0. The summed E-state index contributed by atoms with van der Waals surface area (Å²) in [6.45, 7) is 2.06. The number of pyridine rings is 1. The molecule has 0 bridgehead atoms. The number of amides is 1. The van der Waals surface area contributed by atoms with Crippen LogP contribution in [0.25, 0.3) is 0 Å². The largest absolute Gasteiger partial charge is 0.388 e. The zero-order valence-electron chi connectivity index (χ0n) is 19.0. The fourth-order valence-corrected chi connectivity index (χ4v) is 4.95. The molecule has 0 saturated heterocycles. The van der Waals surface area contributed by atoms with Gasteiger partial charge >= 0.3 is 0 Å². The fraction of sp³-hybridized carbons (Fsp3) is 0.360. The molecule has 1 aromatic carbocycles. The van der Waals surface area contributed by atoms with Gasteiger partial charge in [-0.2, -0.15) is 5.10 Å². The molecule has 176 valence electrons. The van der Waals surface area contributed by atoms with Crippen LogP contribution in [-0.2, 0) is 6.54 Å². The van der Waals surface area contributed by atoms with Crippen LogP contribution < -0.4 is 21.7 Å². The smallest absolute Gasteiger partial charge is 0.266 e. The lowest BCUT2D eigenvalue weighted by molar-refractivity contribution is -0.0248. The zero-order chi connectivity index (χ0) is 23.7. The number of aromatic nitrogens is 3. The number of hydrazine groups is 1. The average molecular weight is 461 g/mol. The van der Waals surface area contributed by atoms with Crippen molar-refractivity contribution in [1.82, 2.24) is 25.5 Å². The van der Waals surface area contributed by atoms with E-state index in [2.05, 4.69) is 26.3 Å². The molecule has 9 nitrogen and oxygen atoms in total. The van der Waals surface area contributed by atoms with Gasteiger partial charge in [0.1, 0.15) is 0 Å². The maximum absolute atomic E-state index is 13.1. The van der Waals surface area contributed by atoms with E-state index >= 15 is 0 Å². The van der Waals surface area contributed by atoms with Crippen molar-refractivity contribution in [2.24, 2.45) is 0 Å². The van der Waals surface area contributed by atoms with Gasteiger partial charge in [0.2, 0.25) is 0 Å². The Morgan fingerprint density at radius 2 is 2.15 bits per heavy atom. The Morgan fingerprint density at radius 3 is 2.97 bits per heavy atom. The first kappa shape index (κ1) is 22.2. The lowest BCUT2D eigenvalue weighted by Gasteiger charge is -2.37. The predicted molar refractivity (Wildman–Crippen MR) is 127 cm³/mol. The first-order chi connectivity index (χ1) is 16.4. The third-order valence-corrected chi connectivity index (χ3v) is 6.62. The summed E-state index contributed by atoms with van der Waals surface area (Å²) in [6, 6.07) is 12.3. The maximum atomic E-state index is 13.1. The molecule has 4 N–H and O–H groups in total. The van der Waals surface area contributed by atoms with E-state index in [0.29, 0.717) is 18.4 Å². The van der Waals surface area contributed by atoms with Crippen LogP contribution in [0.3, 0.4) is 0 Å². The Balaban J connectivity index is 1.30. The van der Waals surface area contributed by atoms with Crippen LogP contribution in [0.1, 0.15) is 58.9 Å². The maximum Gasteiger partial charge on any atom is 0.266 e. The Morgan fingerprint density at radius 1 is 1.26 bits per heavy atom. The Labute approximate surface area is 197 Å². The molecule has 1 saturated carbocycles. The minimum Gasteiger partial charge on any atom is -0.388 e. The van der Waals surface area contributed by atoms with Gasteiger partial charge in [-0.1, -0.05) is 0 Å². The number of hydrogen-bond donors (Lipinski definition) is 4. The molecular weight excluding hydrogens is 432 g/mol. The number of carbonyl (C=O) groups is 1. The monoisotopic (exact) mass is 460 g/mol. The van der Waals surface area contributed by atoms with Crippen LogP contribution in [-0.4, -0.2) is 37.4 Å². The highest BCUT2D eigenvalue weighted by Crippen LogP contribution is 2.34. The summed E-state index contributed by atoms with van der Waals surface area (Å²) in [5.41, 5.74) is 9.61. The van der Waals surface area contributed by atoms with Gasteiger partial charge in [0, 0.05) is 41.3 Å². The molecule has 1 amide bonds. The van der Waals surface area contributed by atoms with Gasteiger partial charge in [0.05, 0.1) is 23.9 Å². The summed E-state index contributed by atoms with van der Waals surface area (Å²) in [7, 11) is 0. The van der Waals surface area contributed by atoms with E-state index in [1.54, 1.807) is 18.3 Å². The van der Waals surface area contributed by atoms with Crippen molar-refractivity contribution in [1.29, 1.82) is 0 Å². The lowest BCUT2D eigenvalue weighted by atomic mass is 9.81. The highest BCUT2D eigenvalue weighted by atomic mass is 16.3. The molecule has 1 aliphatic heterocycles. The van der Waals surface area contributed by atoms with Crippen molar-refractivity contribution >= 4 is 11.6 Å². The number of aliphatic hydroxyl groups is 1. The molecule has 1 aliphatic carbocycles. The summed E-state index contributed by atoms with van der Waals surface area (Å²) in [4.78, 5) is 29.4. The molecule has 2 aliphatic rings. The van der Waals surface area contributed by atoms with Crippen molar-refractivity contribution in [2.45, 2.75) is 56.8 Å². The summed E-state index contributed by atoms with van der Waals surface area (Å²) in [5.74, 6) is -0.177. The van der Waals surface area contributed by atoms with Crippen LogP contribution in [0.15, 0.2) is 59.7 Å². The Bertz CT molecular complexity index is 1280. The molecule has 3 atom stereocenters. The highest BCUT2D eigenvalue weighted by molar-refractivity contribution is 5.95. The van der Waals surface area contributed by atoms with Gasteiger partial charge in [-0.25, -0.2) is 10.1 Å². The van der Waals surface area contributed by atoms with Crippen molar-refractivity contribution in [3.63, 3.8) is 0 Å². The molecule has 2 aromatic heterocycles. The number of benzene rings is 1. The highest BCUT2D eigenvalue weighted by Gasteiger charge is 2.36. The number of nitrogens with zero attached hydrogens (tertiary/aromatic N) is 3. The van der Waals surface area contributed by atoms with Gasteiger partial charge < -0.3 is 15.8 Å². The number of fused-ring (bicyclic) bond motifs is 1. The summed E-state index contributed by atoms with van der Waals surface area (Å²) in [6.07, 6.45) is 5.78. The number of hydrogen-bond acceptors (Lipinski definition) is 7. The fourth-order valence-electron chi connectivity index (χ4n) is 4.95. The molecular formula is C25H28N6O3. The van der Waals surface area contributed by atoms with Crippen LogP contribution in [0.4, 0.5) is 5.69 Å². The first-order valence-electron chi connectivity index (χ1n) is 11.5. The Kier molecular flexibility index (Phi) is 5.89. The first-order valence-corrected chi connectivity index (χ1v) is 11.5. The topological polar surface area (TPSA) is 121 Å². The summed E-state index contributed by atoms with van der Waals surface area (Å²) < 4.78 is 1.28. The molecule has 34 heavy (non-hydrogen) atoms. The van der Waals surface area contributed by atoms with Crippen molar-refractivity contribution in [3.8, 4) is 0 Å². The van der Waals surface area contributed by atoms with Crippen molar-refractivity contribution in [2.75, 3.05) is 5.43 Å². The molecule has 5 rings (SSSR count). The quantitative estimate of drug-likeness (QED) is 0.460. The minimum atomic E-state index is -1.09. The third kappa shape index (κ3) is 4.57. The van der Waals surface area contributed by atoms with Crippen LogP contribution in [0.2, 0.25) is 0 Å². The second-order valence-corrected chi connectivity index (χ2v) is 9.25.